The summed E-state index contributed by atoms with van der Waals surface area (Å²) in [4.78, 5) is 0. The highest BCUT2D eigenvalue weighted by atomic mass is 16.5. The van der Waals surface area contributed by atoms with Crippen molar-refractivity contribution >= 4 is 0 Å². The van der Waals surface area contributed by atoms with E-state index >= 15 is 0 Å². The number of hydrogen-bond acceptors (Lipinski definition) is 3. The Kier molecular flexibility index (Phi) is 5.73. The van der Waals surface area contributed by atoms with Crippen LogP contribution < -0.4 is 0 Å². The smallest absolute Gasteiger partial charge is 0.0980 e. The van der Waals surface area contributed by atoms with Gasteiger partial charge in [0.25, 0.3) is 0 Å². The Balaban J connectivity index is 2.56. The number of hydrogen-bond donors (Lipinski definition) is 1. The molecule has 1 aliphatic rings. The summed E-state index contributed by atoms with van der Waals surface area (Å²) in [6, 6.07) is 0. The highest BCUT2D eigenvalue weighted by Crippen LogP contribution is 2.32. The van der Waals surface area contributed by atoms with Gasteiger partial charge in [0.1, 0.15) is 0 Å². The Hall–Kier alpha value is -0.120. The van der Waals surface area contributed by atoms with E-state index < -0.39 is 0 Å². The van der Waals surface area contributed by atoms with Crippen LogP contribution in [0.5, 0.6) is 0 Å². The monoisotopic (exact) mass is 230 g/mol. The van der Waals surface area contributed by atoms with E-state index in [2.05, 4.69) is 13.8 Å². The number of methoxy groups -OCH3 is 1. The zero-order valence-corrected chi connectivity index (χ0v) is 10.9. The zero-order valence-electron chi connectivity index (χ0n) is 10.9. The molecule has 1 aliphatic heterocycles. The summed E-state index contributed by atoms with van der Waals surface area (Å²) in [7, 11) is 1.71. The van der Waals surface area contributed by atoms with Gasteiger partial charge < -0.3 is 14.6 Å². The van der Waals surface area contributed by atoms with Crippen LogP contribution in [0.1, 0.15) is 46.0 Å². The minimum Gasteiger partial charge on any atom is -0.390 e. The summed E-state index contributed by atoms with van der Waals surface area (Å²) in [5, 5.41) is 10.4. The van der Waals surface area contributed by atoms with Crippen LogP contribution in [0.4, 0.5) is 0 Å². The van der Waals surface area contributed by atoms with Gasteiger partial charge in [0.2, 0.25) is 0 Å². The van der Waals surface area contributed by atoms with Crippen molar-refractivity contribution in [3.8, 4) is 0 Å². The van der Waals surface area contributed by atoms with E-state index in [0.29, 0.717) is 19.1 Å². The van der Waals surface area contributed by atoms with Crippen molar-refractivity contribution in [3.63, 3.8) is 0 Å². The molecule has 1 unspecified atom stereocenters. The molecule has 0 aromatic rings. The van der Waals surface area contributed by atoms with Gasteiger partial charge in [0.15, 0.2) is 0 Å². The molecule has 0 radical (unpaired) electrons. The first-order valence-corrected chi connectivity index (χ1v) is 6.49. The lowest BCUT2D eigenvalue weighted by Crippen LogP contribution is -2.49. The molecule has 0 saturated carbocycles. The largest absolute Gasteiger partial charge is 0.390 e. The zero-order chi connectivity index (χ0) is 12.0. The molecule has 0 amide bonds. The SMILES string of the molecule is CCC(CC)CC(O)C1(OC)CCOCC1. The quantitative estimate of drug-likeness (QED) is 0.761. The molecule has 0 aromatic heterocycles. The summed E-state index contributed by atoms with van der Waals surface area (Å²) >= 11 is 0. The van der Waals surface area contributed by atoms with Crippen molar-refractivity contribution in [2.45, 2.75) is 57.7 Å². The molecule has 1 heterocycles. The molecule has 0 aliphatic carbocycles. The molecule has 1 N–H and O–H groups in total. The third kappa shape index (κ3) is 3.19. The number of rotatable bonds is 6. The average Bonchev–Trinajstić information content (AvgIpc) is 2.36. The van der Waals surface area contributed by atoms with Crippen LogP contribution in [-0.4, -0.2) is 37.1 Å². The van der Waals surface area contributed by atoms with Crippen LogP contribution in [0, 0.1) is 5.92 Å². The minimum atomic E-state index is -0.360. The molecule has 0 spiro atoms. The predicted molar refractivity (Wildman–Crippen MR) is 64.5 cm³/mol. The summed E-state index contributed by atoms with van der Waals surface area (Å²) < 4.78 is 10.9. The van der Waals surface area contributed by atoms with Crippen molar-refractivity contribution < 1.29 is 14.6 Å². The Morgan fingerprint density at radius 3 is 2.25 bits per heavy atom. The van der Waals surface area contributed by atoms with Crippen molar-refractivity contribution in [1.29, 1.82) is 0 Å². The Bertz CT molecular complexity index is 184. The van der Waals surface area contributed by atoms with Gasteiger partial charge >= 0.3 is 0 Å². The first-order valence-electron chi connectivity index (χ1n) is 6.49. The minimum absolute atomic E-state index is 0.355. The molecular weight excluding hydrogens is 204 g/mol. The summed E-state index contributed by atoms with van der Waals surface area (Å²) in [6.45, 7) is 5.77. The summed E-state index contributed by atoms with van der Waals surface area (Å²) in [5.41, 5.74) is -0.360. The normalized spacial score (nSPS) is 22.3. The van der Waals surface area contributed by atoms with E-state index in [-0.39, 0.29) is 11.7 Å². The molecule has 0 bridgehead atoms. The Labute approximate surface area is 99.1 Å². The molecule has 16 heavy (non-hydrogen) atoms. The van der Waals surface area contributed by atoms with Crippen LogP contribution in [0.2, 0.25) is 0 Å². The van der Waals surface area contributed by atoms with E-state index in [1.807, 2.05) is 0 Å². The fourth-order valence-electron chi connectivity index (χ4n) is 2.54. The van der Waals surface area contributed by atoms with Crippen LogP contribution in [0.25, 0.3) is 0 Å². The van der Waals surface area contributed by atoms with Crippen LogP contribution in [-0.2, 0) is 9.47 Å². The van der Waals surface area contributed by atoms with Gasteiger partial charge in [0, 0.05) is 33.2 Å². The van der Waals surface area contributed by atoms with Crippen molar-refractivity contribution in [2.75, 3.05) is 20.3 Å². The second-order valence-corrected chi connectivity index (χ2v) is 4.82. The second kappa shape index (κ2) is 6.58. The molecule has 1 atom stereocenters. The maximum absolute atomic E-state index is 10.4. The molecule has 3 heteroatoms. The lowest BCUT2D eigenvalue weighted by atomic mass is 9.82. The van der Waals surface area contributed by atoms with Gasteiger partial charge in [-0.05, 0) is 12.3 Å². The Morgan fingerprint density at radius 1 is 1.25 bits per heavy atom. The van der Waals surface area contributed by atoms with Crippen LogP contribution >= 0.6 is 0 Å². The lowest BCUT2D eigenvalue weighted by Gasteiger charge is -2.40. The number of aliphatic hydroxyl groups excluding tert-OH is 1. The van der Waals surface area contributed by atoms with Gasteiger partial charge in [-0.1, -0.05) is 26.7 Å². The Morgan fingerprint density at radius 2 is 1.81 bits per heavy atom. The van der Waals surface area contributed by atoms with E-state index in [0.717, 1.165) is 32.1 Å². The number of ether oxygens (including phenoxy) is 2. The second-order valence-electron chi connectivity index (χ2n) is 4.82. The van der Waals surface area contributed by atoms with E-state index in [9.17, 15) is 5.11 Å². The maximum Gasteiger partial charge on any atom is 0.0980 e. The van der Waals surface area contributed by atoms with Crippen molar-refractivity contribution in [3.05, 3.63) is 0 Å². The molecular formula is C13H26O3. The van der Waals surface area contributed by atoms with Gasteiger partial charge in [0.05, 0.1) is 11.7 Å². The van der Waals surface area contributed by atoms with Crippen molar-refractivity contribution in [2.24, 2.45) is 5.92 Å². The first-order chi connectivity index (χ1) is 7.68. The van der Waals surface area contributed by atoms with Gasteiger partial charge in [-0.2, -0.15) is 0 Å². The fraction of sp³-hybridized carbons (Fsp3) is 1.00. The van der Waals surface area contributed by atoms with Crippen molar-refractivity contribution in [1.82, 2.24) is 0 Å². The molecule has 1 saturated heterocycles. The maximum atomic E-state index is 10.4. The highest BCUT2D eigenvalue weighted by Gasteiger charge is 2.40. The average molecular weight is 230 g/mol. The van der Waals surface area contributed by atoms with Crippen LogP contribution in [0.15, 0.2) is 0 Å². The summed E-state index contributed by atoms with van der Waals surface area (Å²) in [6.07, 6.45) is 4.37. The number of aliphatic hydroxyl groups is 1. The standard InChI is InChI=1S/C13H26O3/c1-4-11(5-2)10-12(14)13(15-3)6-8-16-9-7-13/h11-12,14H,4-10H2,1-3H3. The molecule has 3 nitrogen and oxygen atoms in total. The van der Waals surface area contributed by atoms with Gasteiger partial charge in [-0.25, -0.2) is 0 Å². The lowest BCUT2D eigenvalue weighted by molar-refractivity contribution is -0.157. The van der Waals surface area contributed by atoms with Gasteiger partial charge in [-0.3, -0.25) is 0 Å². The third-order valence-corrected chi connectivity index (χ3v) is 4.06. The topological polar surface area (TPSA) is 38.7 Å². The first kappa shape index (κ1) is 13.9. The molecule has 96 valence electrons. The fourth-order valence-corrected chi connectivity index (χ4v) is 2.54. The molecule has 1 rings (SSSR count). The van der Waals surface area contributed by atoms with Crippen LogP contribution in [0.3, 0.4) is 0 Å². The van der Waals surface area contributed by atoms with E-state index in [1.165, 1.54) is 0 Å². The van der Waals surface area contributed by atoms with Gasteiger partial charge in [-0.15, -0.1) is 0 Å². The third-order valence-electron chi connectivity index (χ3n) is 4.06. The van der Waals surface area contributed by atoms with E-state index in [4.69, 9.17) is 9.47 Å². The van der Waals surface area contributed by atoms with E-state index in [1.54, 1.807) is 7.11 Å². The molecule has 0 aromatic carbocycles. The highest BCUT2D eigenvalue weighted by molar-refractivity contribution is 4.91. The molecule has 1 fully saturated rings. The summed E-state index contributed by atoms with van der Waals surface area (Å²) in [5.74, 6) is 0.602. The predicted octanol–water partition coefficient (Wildman–Crippen LogP) is 2.37.